The SMILES string of the molecule is O=C(Cc1csc(-c2ccccn2)n1)N1CCN(CCc2ccccc2)CC1. The van der Waals surface area contributed by atoms with Gasteiger partial charge in [-0.1, -0.05) is 36.4 Å². The molecule has 1 saturated heterocycles. The maximum absolute atomic E-state index is 12.7. The van der Waals surface area contributed by atoms with Gasteiger partial charge < -0.3 is 4.90 Å². The van der Waals surface area contributed by atoms with Crippen LogP contribution in [0.2, 0.25) is 0 Å². The molecule has 0 unspecified atom stereocenters. The molecule has 0 atom stereocenters. The van der Waals surface area contributed by atoms with Crippen molar-refractivity contribution < 1.29 is 4.79 Å². The summed E-state index contributed by atoms with van der Waals surface area (Å²) in [7, 11) is 0. The molecule has 1 aromatic carbocycles. The van der Waals surface area contributed by atoms with Crippen LogP contribution >= 0.6 is 11.3 Å². The number of hydrogen-bond donors (Lipinski definition) is 0. The third kappa shape index (κ3) is 4.82. The zero-order valence-corrected chi connectivity index (χ0v) is 16.6. The number of piperazine rings is 1. The number of pyridine rings is 1. The van der Waals surface area contributed by atoms with Crippen molar-refractivity contribution >= 4 is 17.2 Å². The van der Waals surface area contributed by atoms with E-state index in [9.17, 15) is 4.79 Å². The van der Waals surface area contributed by atoms with Crippen molar-refractivity contribution in [2.75, 3.05) is 32.7 Å². The maximum Gasteiger partial charge on any atom is 0.228 e. The van der Waals surface area contributed by atoms with Crippen LogP contribution in [0.25, 0.3) is 10.7 Å². The summed E-state index contributed by atoms with van der Waals surface area (Å²) in [4.78, 5) is 26.0. The first kappa shape index (κ1) is 18.8. The maximum atomic E-state index is 12.7. The molecule has 1 amide bonds. The van der Waals surface area contributed by atoms with Gasteiger partial charge in [-0.15, -0.1) is 11.3 Å². The highest BCUT2D eigenvalue weighted by atomic mass is 32.1. The number of amides is 1. The number of rotatable bonds is 6. The summed E-state index contributed by atoms with van der Waals surface area (Å²) in [6.45, 7) is 4.52. The van der Waals surface area contributed by atoms with Gasteiger partial charge in [0.1, 0.15) is 5.01 Å². The summed E-state index contributed by atoms with van der Waals surface area (Å²) in [5.41, 5.74) is 3.06. The number of carbonyl (C=O) groups is 1. The van der Waals surface area contributed by atoms with E-state index in [1.807, 2.05) is 28.5 Å². The molecule has 0 saturated carbocycles. The number of nitrogens with zero attached hydrogens (tertiary/aromatic N) is 4. The Balaban J connectivity index is 1.25. The van der Waals surface area contributed by atoms with Crippen molar-refractivity contribution in [1.29, 1.82) is 0 Å². The van der Waals surface area contributed by atoms with E-state index in [4.69, 9.17) is 0 Å². The molecule has 4 rings (SSSR count). The lowest BCUT2D eigenvalue weighted by Crippen LogP contribution is -2.49. The van der Waals surface area contributed by atoms with Crippen molar-refractivity contribution in [3.63, 3.8) is 0 Å². The van der Waals surface area contributed by atoms with Crippen LogP contribution in [-0.4, -0.2) is 58.4 Å². The fraction of sp³-hybridized carbons (Fsp3) is 0.318. The minimum absolute atomic E-state index is 0.167. The normalized spacial score (nSPS) is 14.9. The van der Waals surface area contributed by atoms with Crippen LogP contribution in [-0.2, 0) is 17.6 Å². The second-order valence-corrected chi connectivity index (χ2v) is 7.85. The lowest BCUT2D eigenvalue weighted by molar-refractivity contribution is -0.132. The number of hydrogen-bond acceptors (Lipinski definition) is 5. The van der Waals surface area contributed by atoms with E-state index in [1.54, 1.807) is 17.5 Å². The van der Waals surface area contributed by atoms with Gasteiger partial charge in [0.05, 0.1) is 17.8 Å². The van der Waals surface area contributed by atoms with Crippen LogP contribution in [0.4, 0.5) is 0 Å². The van der Waals surface area contributed by atoms with Gasteiger partial charge in [-0.05, 0) is 24.1 Å². The summed E-state index contributed by atoms with van der Waals surface area (Å²) in [6, 6.07) is 16.4. The zero-order chi connectivity index (χ0) is 19.2. The Kier molecular flexibility index (Phi) is 6.09. The first-order chi connectivity index (χ1) is 13.8. The minimum Gasteiger partial charge on any atom is -0.340 e. The summed E-state index contributed by atoms with van der Waals surface area (Å²) in [6.07, 6.45) is 3.19. The Morgan fingerprint density at radius 2 is 1.79 bits per heavy atom. The molecular formula is C22H24N4OS. The highest BCUT2D eigenvalue weighted by Gasteiger charge is 2.21. The molecule has 0 spiro atoms. The van der Waals surface area contributed by atoms with E-state index in [-0.39, 0.29) is 5.91 Å². The van der Waals surface area contributed by atoms with Gasteiger partial charge in [0.2, 0.25) is 5.91 Å². The van der Waals surface area contributed by atoms with Crippen molar-refractivity contribution in [3.8, 4) is 10.7 Å². The standard InChI is InChI=1S/C22H24N4OS/c27-21(16-19-17-28-22(24-19)20-8-4-5-10-23-20)26-14-12-25(13-15-26)11-9-18-6-2-1-3-7-18/h1-8,10,17H,9,11-16H2. The number of thiazole rings is 1. The molecule has 3 heterocycles. The Labute approximate surface area is 169 Å². The number of aromatic nitrogens is 2. The molecule has 0 aliphatic carbocycles. The first-order valence-corrected chi connectivity index (χ1v) is 10.6. The molecule has 0 bridgehead atoms. The van der Waals surface area contributed by atoms with Gasteiger partial charge >= 0.3 is 0 Å². The molecule has 0 N–H and O–H groups in total. The molecule has 2 aromatic heterocycles. The third-order valence-electron chi connectivity index (χ3n) is 5.05. The second kappa shape index (κ2) is 9.08. The van der Waals surface area contributed by atoms with E-state index >= 15 is 0 Å². The Morgan fingerprint density at radius 3 is 2.54 bits per heavy atom. The zero-order valence-electron chi connectivity index (χ0n) is 15.8. The highest BCUT2D eigenvalue weighted by Crippen LogP contribution is 2.22. The van der Waals surface area contributed by atoms with Gasteiger partial charge in [-0.25, -0.2) is 4.98 Å². The summed E-state index contributed by atoms with van der Waals surface area (Å²) >= 11 is 1.54. The van der Waals surface area contributed by atoms with Gasteiger partial charge in [0.15, 0.2) is 0 Å². The summed E-state index contributed by atoms with van der Waals surface area (Å²) in [5.74, 6) is 0.167. The smallest absolute Gasteiger partial charge is 0.228 e. The van der Waals surface area contributed by atoms with Crippen LogP contribution < -0.4 is 0 Å². The molecular weight excluding hydrogens is 368 g/mol. The number of carbonyl (C=O) groups excluding carboxylic acids is 1. The van der Waals surface area contributed by atoms with E-state index in [0.717, 1.165) is 55.5 Å². The van der Waals surface area contributed by atoms with E-state index in [2.05, 4.69) is 45.2 Å². The predicted octanol–water partition coefficient (Wildman–Crippen LogP) is 3.13. The topological polar surface area (TPSA) is 49.3 Å². The third-order valence-corrected chi connectivity index (χ3v) is 5.97. The number of benzene rings is 1. The van der Waals surface area contributed by atoms with Crippen molar-refractivity contribution in [1.82, 2.24) is 19.8 Å². The molecule has 3 aromatic rings. The largest absolute Gasteiger partial charge is 0.340 e. The van der Waals surface area contributed by atoms with E-state index < -0.39 is 0 Å². The van der Waals surface area contributed by atoms with Crippen LogP contribution in [0.15, 0.2) is 60.1 Å². The lowest BCUT2D eigenvalue weighted by atomic mass is 10.1. The highest BCUT2D eigenvalue weighted by molar-refractivity contribution is 7.13. The molecule has 6 heteroatoms. The quantitative estimate of drug-likeness (QED) is 0.647. The molecule has 5 nitrogen and oxygen atoms in total. The van der Waals surface area contributed by atoms with Gasteiger partial charge in [0.25, 0.3) is 0 Å². The molecule has 1 aliphatic rings. The van der Waals surface area contributed by atoms with Crippen LogP contribution in [0.3, 0.4) is 0 Å². The van der Waals surface area contributed by atoms with Crippen LogP contribution in [0, 0.1) is 0 Å². The summed E-state index contributed by atoms with van der Waals surface area (Å²) < 4.78 is 0. The molecule has 28 heavy (non-hydrogen) atoms. The van der Waals surface area contributed by atoms with Gasteiger partial charge in [-0.2, -0.15) is 0 Å². The molecule has 1 aliphatic heterocycles. The lowest BCUT2D eigenvalue weighted by Gasteiger charge is -2.34. The Bertz CT molecular complexity index is 889. The fourth-order valence-electron chi connectivity index (χ4n) is 3.41. The minimum atomic E-state index is 0.167. The monoisotopic (exact) mass is 392 g/mol. The van der Waals surface area contributed by atoms with Gasteiger partial charge in [0, 0.05) is 44.3 Å². The second-order valence-electron chi connectivity index (χ2n) is 6.99. The first-order valence-electron chi connectivity index (χ1n) is 9.68. The van der Waals surface area contributed by atoms with Crippen molar-refractivity contribution in [2.24, 2.45) is 0 Å². The molecule has 0 radical (unpaired) electrons. The van der Waals surface area contributed by atoms with E-state index in [1.165, 1.54) is 5.56 Å². The average Bonchev–Trinajstić information content (AvgIpc) is 3.22. The predicted molar refractivity (Wildman–Crippen MR) is 112 cm³/mol. The van der Waals surface area contributed by atoms with Crippen molar-refractivity contribution in [2.45, 2.75) is 12.8 Å². The Morgan fingerprint density at radius 1 is 1.00 bits per heavy atom. The van der Waals surface area contributed by atoms with E-state index in [0.29, 0.717) is 6.42 Å². The van der Waals surface area contributed by atoms with Crippen LogP contribution in [0.1, 0.15) is 11.3 Å². The fourth-order valence-corrected chi connectivity index (χ4v) is 4.21. The summed E-state index contributed by atoms with van der Waals surface area (Å²) in [5, 5.41) is 2.84. The molecule has 144 valence electrons. The molecule has 1 fully saturated rings. The average molecular weight is 393 g/mol. The van der Waals surface area contributed by atoms with Crippen LogP contribution in [0.5, 0.6) is 0 Å². The van der Waals surface area contributed by atoms with Gasteiger partial charge in [-0.3, -0.25) is 14.7 Å². The Hall–Kier alpha value is -2.57. The van der Waals surface area contributed by atoms with Crippen molar-refractivity contribution in [3.05, 3.63) is 71.4 Å².